The molecule has 3 aromatic rings. The van der Waals surface area contributed by atoms with Crippen LogP contribution in [0.2, 0.25) is 0 Å². The Hall–Kier alpha value is -2.53. The van der Waals surface area contributed by atoms with Gasteiger partial charge in [0.2, 0.25) is 0 Å². The third kappa shape index (κ3) is 1.88. The zero-order chi connectivity index (χ0) is 14.1. The van der Waals surface area contributed by atoms with E-state index in [9.17, 15) is 4.79 Å². The average Bonchev–Trinajstić information content (AvgIpc) is 3.08. The number of thiazole rings is 1. The van der Waals surface area contributed by atoms with Crippen molar-refractivity contribution in [3.05, 3.63) is 27.9 Å². The number of aryl methyl sites for hydroxylation is 1. The van der Waals surface area contributed by atoms with Crippen LogP contribution in [0, 0.1) is 12.3 Å². The molecule has 0 bridgehead atoms. The van der Waals surface area contributed by atoms with Crippen LogP contribution in [0.25, 0.3) is 16.3 Å². The summed E-state index contributed by atoms with van der Waals surface area (Å²) in [6, 6.07) is 0. The Morgan fingerprint density at radius 2 is 2.35 bits per heavy atom. The van der Waals surface area contributed by atoms with Crippen molar-refractivity contribution in [2.75, 3.05) is 0 Å². The zero-order valence-corrected chi connectivity index (χ0v) is 11.5. The van der Waals surface area contributed by atoms with Gasteiger partial charge in [-0.2, -0.15) is 4.68 Å². The lowest BCUT2D eigenvalue weighted by molar-refractivity contribution is 0.577. The highest BCUT2D eigenvalue weighted by Crippen LogP contribution is 2.24. The first-order chi connectivity index (χ1) is 9.74. The van der Waals surface area contributed by atoms with Gasteiger partial charge in [0.15, 0.2) is 5.65 Å². The number of hydrogen-bond donors (Lipinski definition) is 0. The van der Waals surface area contributed by atoms with Crippen LogP contribution in [-0.4, -0.2) is 29.4 Å². The van der Waals surface area contributed by atoms with Gasteiger partial charge in [-0.25, -0.2) is 19.2 Å². The van der Waals surface area contributed by atoms with Crippen LogP contribution in [0.4, 0.5) is 0 Å². The van der Waals surface area contributed by atoms with Gasteiger partial charge in [-0.05, 0) is 6.42 Å². The fourth-order valence-corrected chi connectivity index (χ4v) is 2.64. The Balaban J connectivity index is 2.17. The Morgan fingerprint density at radius 3 is 3.05 bits per heavy atom. The highest BCUT2D eigenvalue weighted by Gasteiger charge is 2.15. The van der Waals surface area contributed by atoms with Crippen molar-refractivity contribution in [1.82, 2.24) is 29.4 Å². The molecule has 0 N–H and O–H groups in total. The van der Waals surface area contributed by atoms with E-state index in [0.717, 1.165) is 21.8 Å². The minimum absolute atomic E-state index is 0.0759. The number of rotatable bonds is 3. The van der Waals surface area contributed by atoms with Crippen molar-refractivity contribution in [2.24, 2.45) is 0 Å². The summed E-state index contributed by atoms with van der Waals surface area (Å²) >= 11 is 1.47. The van der Waals surface area contributed by atoms with E-state index in [4.69, 9.17) is 6.42 Å². The minimum atomic E-state index is -0.362. The standard InChI is InChI=1S/C12H10N6OS/c1-3-5-18-12(19)17-7-13-9(10(17)15-16-18)11-14-8(4-2)6-20-11/h1,6-7H,4-5H2,2H3. The second-order valence-electron chi connectivity index (χ2n) is 4.02. The van der Waals surface area contributed by atoms with E-state index in [1.54, 1.807) is 0 Å². The summed E-state index contributed by atoms with van der Waals surface area (Å²) in [4.78, 5) is 20.8. The second kappa shape index (κ2) is 4.86. The largest absolute Gasteiger partial charge is 0.353 e. The molecule has 3 rings (SSSR count). The molecule has 0 unspecified atom stereocenters. The zero-order valence-electron chi connectivity index (χ0n) is 10.6. The van der Waals surface area contributed by atoms with Crippen LogP contribution >= 0.6 is 11.3 Å². The number of fused-ring (bicyclic) bond motifs is 1. The van der Waals surface area contributed by atoms with Crippen molar-refractivity contribution >= 4 is 17.0 Å². The van der Waals surface area contributed by atoms with E-state index in [-0.39, 0.29) is 12.2 Å². The highest BCUT2D eigenvalue weighted by molar-refractivity contribution is 7.13. The molecule has 0 radical (unpaired) electrons. The summed E-state index contributed by atoms with van der Waals surface area (Å²) in [6.07, 6.45) is 7.45. The van der Waals surface area contributed by atoms with E-state index < -0.39 is 0 Å². The predicted molar refractivity (Wildman–Crippen MR) is 74.4 cm³/mol. The number of aromatic nitrogens is 6. The second-order valence-corrected chi connectivity index (χ2v) is 4.88. The molecule has 3 aromatic heterocycles. The molecule has 0 aromatic carbocycles. The van der Waals surface area contributed by atoms with E-state index in [1.807, 2.05) is 12.3 Å². The van der Waals surface area contributed by atoms with E-state index in [2.05, 4.69) is 26.2 Å². The number of nitrogens with zero attached hydrogens (tertiary/aromatic N) is 6. The maximum absolute atomic E-state index is 12.1. The SMILES string of the molecule is C#CCn1nnc2c(-c3nc(CC)cs3)ncn2c1=O. The number of terminal acetylenes is 1. The van der Waals surface area contributed by atoms with Gasteiger partial charge in [-0.3, -0.25) is 0 Å². The fourth-order valence-electron chi connectivity index (χ4n) is 1.75. The van der Waals surface area contributed by atoms with Gasteiger partial charge >= 0.3 is 5.69 Å². The highest BCUT2D eigenvalue weighted by atomic mass is 32.1. The molecular weight excluding hydrogens is 276 g/mol. The third-order valence-electron chi connectivity index (χ3n) is 2.77. The van der Waals surface area contributed by atoms with E-state index in [1.165, 1.54) is 22.1 Å². The quantitative estimate of drug-likeness (QED) is 0.659. The summed E-state index contributed by atoms with van der Waals surface area (Å²) in [5.74, 6) is 2.36. The molecule has 0 spiro atoms. The molecule has 0 aliphatic carbocycles. The number of hydrogen-bond acceptors (Lipinski definition) is 6. The lowest BCUT2D eigenvalue weighted by Gasteiger charge is -1.98. The molecular formula is C12H10N6OS. The van der Waals surface area contributed by atoms with Crippen LogP contribution in [0.3, 0.4) is 0 Å². The molecule has 0 aliphatic rings. The minimum Gasteiger partial charge on any atom is -0.245 e. The van der Waals surface area contributed by atoms with Crippen molar-refractivity contribution in [3.63, 3.8) is 0 Å². The molecule has 3 heterocycles. The van der Waals surface area contributed by atoms with Gasteiger partial charge in [-0.15, -0.1) is 22.9 Å². The summed E-state index contributed by atoms with van der Waals surface area (Å²) < 4.78 is 2.43. The fraction of sp³-hybridized carbons (Fsp3) is 0.250. The van der Waals surface area contributed by atoms with Crippen LogP contribution in [0.5, 0.6) is 0 Å². The Morgan fingerprint density at radius 1 is 1.50 bits per heavy atom. The van der Waals surface area contributed by atoms with Gasteiger partial charge in [-0.1, -0.05) is 18.1 Å². The van der Waals surface area contributed by atoms with Gasteiger partial charge < -0.3 is 0 Å². The molecule has 7 nitrogen and oxygen atoms in total. The lowest BCUT2D eigenvalue weighted by Crippen LogP contribution is -2.29. The van der Waals surface area contributed by atoms with Crippen molar-refractivity contribution < 1.29 is 0 Å². The van der Waals surface area contributed by atoms with E-state index in [0.29, 0.717) is 11.3 Å². The summed E-state index contributed by atoms with van der Waals surface area (Å²) in [6.45, 7) is 2.11. The van der Waals surface area contributed by atoms with Gasteiger partial charge in [0.1, 0.15) is 23.6 Å². The molecule has 100 valence electrons. The average molecular weight is 286 g/mol. The maximum Gasteiger partial charge on any atom is 0.353 e. The van der Waals surface area contributed by atoms with Crippen molar-refractivity contribution in [3.8, 4) is 23.0 Å². The summed E-state index contributed by atoms with van der Waals surface area (Å²) in [7, 11) is 0. The molecule has 0 saturated carbocycles. The van der Waals surface area contributed by atoms with Gasteiger partial charge in [0.05, 0.1) is 5.69 Å². The molecule has 0 saturated heterocycles. The Labute approximate surface area is 117 Å². The molecule has 0 aliphatic heterocycles. The Kier molecular flexibility index (Phi) is 3.04. The first-order valence-corrected chi connectivity index (χ1v) is 6.81. The van der Waals surface area contributed by atoms with Gasteiger partial charge in [0, 0.05) is 5.38 Å². The molecule has 0 amide bonds. The first-order valence-electron chi connectivity index (χ1n) is 5.93. The van der Waals surface area contributed by atoms with E-state index >= 15 is 0 Å². The normalized spacial score (nSPS) is 10.8. The van der Waals surface area contributed by atoms with Crippen molar-refractivity contribution in [2.45, 2.75) is 19.9 Å². The third-order valence-corrected chi connectivity index (χ3v) is 3.67. The van der Waals surface area contributed by atoms with Crippen LogP contribution in [0.1, 0.15) is 12.6 Å². The lowest BCUT2D eigenvalue weighted by atomic mass is 10.4. The molecule has 20 heavy (non-hydrogen) atoms. The maximum atomic E-state index is 12.1. The summed E-state index contributed by atoms with van der Waals surface area (Å²) in [5.41, 5.74) is 1.58. The topological polar surface area (TPSA) is 78.0 Å². The Bertz CT molecular complexity index is 868. The van der Waals surface area contributed by atoms with Crippen LogP contribution < -0.4 is 5.69 Å². The van der Waals surface area contributed by atoms with Crippen LogP contribution in [0.15, 0.2) is 16.5 Å². The van der Waals surface area contributed by atoms with Crippen molar-refractivity contribution in [1.29, 1.82) is 0 Å². The van der Waals surface area contributed by atoms with Gasteiger partial charge in [0.25, 0.3) is 0 Å². The molecule has 8 heteroatoms. The first kappa shape index (κ1) is 12.5. The smallest absolute Gasteiger partial charge is 0.245 e. The summed E-state index contributed by atoms with van der Waals surface area (Å²) in [5, 5.41) is 10.5. The predicted octanol–water partition coefficient (Wildman–Crippen LogP) is 0.605. The number of imidazole rings is 1. The molecule has 0 atom stereocenters. The monoisotopic (exact) mass is 286 g/mol. The molecule has 0 fully saturated rings. The van der Waals surface area contributed by atoms with Crippen LogP contribution in [-0.2, 0) is 13.0 Å².